The van der Waals surface area contributed by atoms with Crippen molar-refractivity contribution in [2.24, 2.45) is 11.7 Å². The molecular formula is C18H39N. The standard InChI is InChI=1S/C18H39N/c1-4-6-7-8-9-10-11-12-13-14-15-16-17(3)18(19)5-2/h17-18H,4-16,19H2,1-3H3. The lowest BCUT2D eigenvalue weighted by Gasteiger charge is -2.17. The zero-order chi connectivity index (χ0) is 14.3. The van der Waals surface area contributed by atoms with Crippen molar-refractivity contribution < 1.29 is 0 Å². The van der Waals surface area contributed by atoms with Gasteiger partial charge in [0.1, 0.15) is 0 Å². The number of unbranched alkanes of at least 4 members (excludes halogenated alkanes) is 10. The van der Waals surface area contributed by atoms with Crippen LogP contribution in [0.1, 0.15) is 104 Å². The molecule has 0 rings (SSSR count). The minimum Gasteiger partial charge on any atom is -0.327 e. The summed E-state index contributed by atoms with van der Waals surface area (Å²) in [5.74, 6) is 0.712. The first-order valence-electron chi connectivity index (χ1n) is 8.97. The third kappa shape index (κ3) is 12.7. The van der Waals surface area contributed by atoms with Gasteiger partial charge in [-0.05, 0) is 18.8 Å². The Balaban J connectivity index is 3.10. The van der Waals surface area contributed by atoms with Crippen molar-refractivity contribution in [3.8, 4) is 0 Å². The van der Waals surface area contributed by atoms with Gasteiger partial charge in [0.25, 0.3) is 0 Å². The third-order valence-corrected chi connectivity index (χ3v) is 4.47. The van der Waals surface area contributed by atoms with E-state index in [0.717, 1.165) is 6.42 Å². The molecule has 0 amide bonds. The molecule has 0 heterocycles. The van der Waals surface area contributed by atoms with Gasteiger partial charge in [0.15, 0.2) is 0 Å². The highest BCUT2D eigenvalue weighted by Gasteiger charge is 2.09. The first-order valence-corrected chi connectivity index (χ1v) is 8.97. The fourth-order valence-corrected chi connectivity index (χ4v) is 2.75. The second-order valence-corrected chi connectivity index (χ2v) is 6.37. The van der Waals surface area contributed by atoms with Gasteiger partial charge >= 0.3 is 0 Å². The van der Waals surface area contributed by atoms with Gasteiger partial charge in [0.2, 0.25) is 0 Å². The molecule has 2 N–H and O–H groups in total. The quantitative estimate of drug-likeness (QED) is 0.381. The van der Waals surface area contributed by atoms with Crippen molar-refractivity contribution in [1.29, 1.82) is 0 Å². The summed E-state index contributed by atoms with van der Waals surface area (Å²) in [6.45, 7) is 6.79. The molecule has 1 heteroatoms. The molecule has 19 heavy (non-hydrogen) atoms. The monoisotopic (exact) mass is 269 g/mol. The summed E-state index contributed by atoms with van der Waals surface area (Å²) in [5, 5.41) is 0. The highest BCUT2D eigenvalue weighted by Crippen LogP contribution is 2.16. The Morgan fingerprint density at radius 2 is 1.11 bits per heavy atom. The van der Waals surface area contributed by atoms with E-state index in [1.807, 2.05) is 0 Å². The molecule has 2 atom stereocenters. The van der Waals surface area contributed by atoms with E-state index < -0.39 is 0 Å². The third-order valence-electron chi connectivity index (χ3n) is 4.47. The van der Waals surface area contributed by atoms with Crippen LogP contribution < -0.4 is 5.73 Å². The Labute approximate surface area is 122 Å². The maximum atomic E-state index is 6.05. The Morgan fingerprint density at radius 3 is 1.53 bits per heavy atom. The lowest BCUT2D eigenvalue weighted by Crippen LogP contribution is -2.27. The van der Waals surface area contributed by atoms with Crippen molar-refractivity contribution in [3.63, 3.8) is 0 Å². The van der Waals surface area contributed by atoms with Crippen LogP contribution >= 0.6 is 0 Å². The van der Waals surface area contributed by atoms with Crippen LogP contribution in [0.25, 0.3) is 0 Å². The molecule has 1 nitrogen and oxygen atoms in total. The zero-order valence-electron chi connectivity index (χ0n) is 13.9. The van der Waals surface area contributed by atoms with Gasteiger partial charge in [0.05, 0.1) is 0 Å². The van der Waals surface area contributed by atoms with Crippen LogP contribution in [0.2, 0.25) is 0 Å². The molecule has 0 saturated heterocycles. The molecule has 0 aromatic carbocycles. The number of nitrogens with two attached hydrogens (primary N) is 1. The normalized spacial score (nSPS) is 14.5. The van der Waals surface area contributed by atoms with Crippen LogP contribution in [-0.2, 0) is 0 Å². The van der Waals surface area contributed by atoms with Crippen LogP contribution in [0, 0.1) is 5.92 Å². The minimum atomic E-state index is 0.420. The topological polar surface area (TPSA) is 26.0 Å². The fraction of sp³-hybridized carbons (Fsp3) is 1.00. The predicted molar refractivity (Wildman–Crippen MR) is 88.5 cm³/mol. The summed E-state index contributed by atoms with van der Waals surface area (Å²) in [5.41, 5.74) is 6.05. The average Bonchev–Trinajstić information content (AvgIpc) is 2.43. The molecule has 0 aromatic rings. The van der Waals surface area contributed by atoms with Crippen LogP contribution in [-0.4, -0.2) is 6.04 Å². The number of hydrogen-bond donors (Lipinski definition) is 1. The van der Waals surface area contributed by atoms with Gasteiger partial charge in [-0.3, -0.25) is 0 Å². The Kier molecular flexibility index (Phi) is 14.3. The molecule has 0 radical (unpaired) electrons. The van der Waals surface area contributed by atoms with E-state index in [4.69, 9.17) is 5.73 Å². The van der Waals surface area contributed by atoms with Gasteiger partial charge in [0, 0.05) is 6.04 Å². The van der Waals surface area contributed by atoms with E-state index in [-0.39, 0.29) is 0 Å². The van der Waals surface area contributed by atoms with Gasteiger partial charge in [-0.2, -0.15) is 0 Å². The molecule has 0 aromatic heterocycles. The average molecular weight is 270 g/mol. The summed E-state index contributed by atoms with van der Waals surface area (Å²) in [6.07, 6.45) is 18.2. The highest BCUT2D eigenvalue weighted by atomic mass is 14.6. The van der Waals surface area contributed by atoms with Crippen LogP contribution in [0.5, 0.6) is 0 Å². The Bertz CT molecular complexity index is 167. The van der Waals surface area contributed by atoms with Gasteiger partial charge in [-0.25, -0.2) is 0 Å². The molecule has 0 aliphatic carbocycles. The molecule has 0 spiro atoms. The van der Waals surface area contributed by atoms with Crippen molar-refractivity contribution >= 4 is 0 Å². The minimum absolute atomic E-state index is 0.420. The second kappa shape index (κ2) is 14.4. The van der Waals surface area contributed by atoms with E-state index in [1.54, 1.807) is 0 Å². The molecule has 0 fully saturated rings. The summed E-state index contributed by atoms with van der Waals surface area (Å²) in [4.78, 5) is 0. The van der Waals surface area contributed by atoms with E-state index in [2.05, 4.69) is 20.8 Å². The lowest BCUT2D eigenvalue weighted by molar-refractivity contribution is 0.396. The molecule has 0 aliphatic heterocycles. The van der Waals surface area contributed by atoms with E-state index in [0.29, 0.717) is 12.0 Å². The fourth-order valence-electron chi connectivity index (χ4n) is 2.75. The van der Waals surface area contributed by atoms with Gasteiger partial charge in [-0.1, -0.05) is 91.4 Å². The molecule has 116 valence electrons. The molecular weight excluding hydrogens is 230 g/mol. The molecule has 2 unspecified atom stereocenters. The summed E-state index contributed by atoms with van der Waals surface area (Å²) < 4.78 is 0. The summed E-state index contributed by atoms with van der Waals surface area (Å²) in [7, 11) is 0. The molecule has 0 bridgehead atoms. The SMILES string of the molecule is CCCCCCCCCCCCCC(C)C(N)CC. The zero-order valence-corrected chi connectivity index (χ0v) is 13.9. The van der Waals surface area contributed by atoms with Gasteiger partial charge < -0.3 is 5.73 Å². The maximum absolute atomic E-state index is 6.05. The van der Waals surface area contributed by atoms with Crippen LogP contribution in [0.4, 0.5) is 0 Å². The van der Waals surface area contributed by atoms with E-state index in [1.165, 1.54) is 77.0 Å². The first-order chi connectivity index (χ1) is 9.22. The Hall–Kier alpha value is -0.0400. The summed E-state index contributed by atoms with van der Waals surface area (Å²) in [6, 6.07) is 0.420. The van der Waals surface area contributed by atoms with Crippen molar-refractivity contribution in [2.45, 2.75) is 110 Å². The largest absolute Gasteiger partial charge is 0.327 e. The van der Waals surface area contributed by atoms with Crippen LogP contribution in [0.15, 0.2) is 0 Å². The summed E-state index contributed by atoms with van der Waals surface area (Å²) >= 11 is 0. The van der Waals surface area contributed by atoms with Crippen molar-refractivity contribution in [2.75, 3.05) is 0 Å². The lowest BCUT2D eigenvalue weighted by atomic mass is 9.94. The Morgan fingerprint density at radius 1 is 0.684 bits per heavy atom. The molecule has 0 saturated carbocycles. The van der Waals surface area contributed by atoms with Crippen LogP contribution in [0.3, 0.4) is 0 Å². The van der Waals surface area contributed by atoms with E-state index in [9.17, 15) is 0 Å². The van der Waals surface area contributed by atoms with Crippen molar-refractivity contribution in [3.05, 3.63) is 0 Å². The van der Waals surface area contributed by atoms with E-state index >= 15 is 0 Å². The van der Waals surface area contributed by atoms with Gasteiger partial charge in [-0.15, -0.1) is 0 Å². The maximum Gasteiger partial charge on any atom is 0.00619 e. The van der Waals surface area contributed by atoms with Crippen molar-refractivity contribution in [1.82, 2.24) is 0 Å². The second-order valence-electron chi connectivity index (χ2n) is 6.37. The highest BCUT2D eigenvalue weighted by molar-refractivity contribution is 4.67. The number of rotatable bonds is 14. The smallest absolute Gasteiger partial charge is 0.00619 e. The predicted octanol–water partition coefficient (Wildman–Crippen LogP) is 6.06. The number of hydrogen-bond acceptors (Lipinski definition) is 1. The first kappa shape index (κ1) is 19.0. The molecule has 0 aliphatic rings.